The van der Waals surface area contributed by atoms with Gasteiger partial charge in [-0.25, -0.2) is 0 Å². The lowest BCUT2D eigenvalue weighted by atomic mass is 10.0. The molecule has 0 rings (SSSR count). The Hall–Kier alpha value is -1.43. The predicted octanol–water partition coefficient (Wildman–Crippen LogP) is 19.8. The highest BCUT2D eigenvalue weighted by Gasteiger charge is 2.22. The van der Waals surface area contributed by atoms with Crippen molar-refractivity contribution in [2.75, 3.05) is 6.61 Å². The molecule has 0 bridgehead atoms. The molecule has 5 heteroatoms. The summed E-state index contributed by atoms with van der Waals surface area (Å²) in [5.74, 6) is -0.499. The van der Waals surface area contributed by atoms with E-state index >= 15 is 0 Å². The van der Waals surface area contributed by atoms with Crippen molar-refractivity contribution in [2.45, 2.75) is 360 Å². The first-order valence-corrected chi connectivity index (χ1v) is 31.3. The normalized spacial score (nSPS) is 13.4. The number of aliphatic hydroxyl groups is 3. The molecule has 0 saturated carbocycles. The van der Waals surface area contributed by atoms with Crippen molar-refractivity contribution < 1.29 is 20.1 Å². The van der Waals surface area contributed by atoms with Crippen LogP contribution in [0.25, 0.3) is 0 Å². The standard InChI is InChI=1S/C64H123NO4/c1-3-5-7-9-11-13-15-17-19-21-22-23-24-25-26-27-28-29-30-31-32-33-34-35-36-37-38-39-40-41-43-45-47-49-51-53-55-57-59-63(68)64(69)65-61(60-66)62(67)58-56-54-52-50-48-46-44-42-20-18-16-14-12-10-8-6-4-2/h28-29,31-32,56,58,61-63,66-68H,3-27,30,33-55,57,59-60H2,1-2H3,(H,65,69)/b29-28-,32-31-,58-56+. The van der Waals surface area contributed by atoms with Gasteiger partial charge in [-0.1, -0.05) is 326 Å². The van der Waals surface area contributed by atoms with Crippen LogP contribution in [0.2, 0.25) is 0 Å². The Kier molecular flexibility index (Phi) is 57.9. The maximum atomic E-state index is 12.6. The summed E-state index contributed by atoms with van der Waals surface area (Å²) in [6, 6.07) is -0.798. The second-order valence-electron chi connectivity index (χ2n) is 21.6. The molecular formula is C64H123NO4. The van der Waals surface area contributed by atoms with Crippen molar-refractivity contribution in [3.05, 3.63) is 36.5 Å². The van der Waals surface area contributed by atoms with Gasteiger partial charge < -0.3 is 20.6 Å². The minimum atomic E-state index is -1.10. The fourth-order valence-electron chi connectivity index (χ4n) is 9.87. The lowest BCUT2D eigenvalue weighted by Gasteiger charge is -2.21. The minimum Gasteiger partial charge on any atom is -0.394 e. The van der Waals surface area contributed by atoms with Crippen LogP contribution in [0.1, 0.15) is 341 Å². The second kappa shape index (κ2) is 59.1. The first kappa shape index (κ1) is 67.6. The van der Waals surface area contributed by atoms with E-state index in [2.05, 4.69) is 43.5 Å². The molecule has 408 valence electrons. The number of hydrogen-bond acceptors (Lipinski definition) is 4. The van der Waals surface area contributed by atoms with Crippen molar-refractivity contribution in [2.24, 2.45) is 0 Å². The van der Waals surface area contributed by atoms with Gasteiger partial charge in [0.25, 0.3) is 0 Å². The number of carbonyl (C=O) groups is 1. The molecule has 5 nitrogen and oxygen atoms in total. The maximum Gasteiger partial charge on any atom is 0.249 e. The van der Waals surface area contributed by atoms with Crippen molar-refractivity contribution >= 4 is 5.91 Å². The van der Waals surface area contributed by atoms with E-state index in [-0.39, 0.29) is 6.61 Å². The summed E-state index contributed by atoms with van der Waals surface area (Å²) >= 11 is 0. The van der Waals surface area contributed by atoms with Crippen LogP contribution in [0.5, 0.6) is 0 Å². The zero-order valence-corrected chi connectivity index (χ0v) is 46.7. The zero-order valence-electron chi connectivity index (χ0n) is 46.7. The highest BCUT2D eigenvalue weighted by molar-refractivity contribution is 5.80. The quantitative estimate of drug-likeness (QED) is 0.0361. The Balaban J connectivity index is 3.49. The lowest BCUT2D eigenvalue weighted by Crippen LogP contribution is -2.48. The van der Waals surface area contributed by atoms with Crippen LogP contribution in [0.4, 0.5) is 0 Å². The van der Waals surface area contributed by atoms with Gasteiger partial charge in [-0.15, -0.1) is 0 Å². The Morgan fingerprint density at radius 3 is 0.913 bits per heavy atom. The Morgan fingerprint density at radius 1 is 0.362 bits per heavy atom. The predicted molar refractivity (Wildman–Crippen MR) is 305 cm³/mol. The highest BCUT2D eigenvalue weighted by Crippen LogP contribution is 2.18. The first-order valence-electron chi connectivity index (χ1n) is 31.3. The smallest absolute Gasteiger partial charge is 0.249 e. The van der Waals surface area contributed by atoms with Gasteiger partial charge in [-0.05, 0) is 51.4 Å². The maximum absolute atomic E-state index is 12.6. The summed E-state index contributed by atoms with van der Waals surface area (Å²) < 4.78 is 0. The monoisotopic (exact) mass is 970 g/mol. The molecule has 4 N–H and O–H groups in total. The van der Waals surface area contributed by atoms with E-state index in [0.29, 0.717) is 6.42 Å². The van der Waals surface area contributed by atoms with Crippen LogP contribution >= 0.6 is 0 Å². The fourth-order valence-corrected chi connectivity index (χ4v) is 9.87. The molecule has 0 radical (unpaired) electrons. The van der Waals surface area contributed by atoms with Crippen molar-refractivity contribution in [3.63, 3.8) is 0 Å². The van der Waals surface area contributed by atoms with Crippen molar-refractivity contribution in [1.82, 2.24) is 5.32 Å². The molecule has 0 heterocycles. The highest BCUT2D eigenvalue weighted by atomic mass is 16.3. The molecule has 0 spiro atoms. The fraction of sp³-hybridized carbons (Fsp3) is 0.891. The number of nitrogens with one attached hydrogen (secondary N) is 1. The molecule has 0 aromatic heterocycles. The van der Waals surface area contributed by atoms with Gasteiger partial charge in [0.05, 0.1) is 18.8 Å². The molecule has 69 heavy (non-hydrogen) atoms. The number of rotatable bonds is 58. The number of carbonyl (C=O) groups excluding carboxylic acids is 1. The van der Waals surface area contributed by atoms with E-state index < -0.39 is 24.2 Å². The second-order valence-corrected chi connectivity index (χ2v) is 21.6. The molecule has 0 fully saturated rings. The van der Waals surface area contributed by atoms with Gasteiger partial charge in [0.2, 0.25) is 5.91 Å². The average molecular weight is 971 g/mol. The van der Waals surface area contributed by atoms with E-state index in [9.17, 15) is 20.1 Å². The van der Waals surface area contributed by atoms with Crippen LogP contribution in [0, 0.1) is 0 Å². The van der Waals surface area contributed by atoms with Crippen LogP contribution in [0.3, 0.4) is 0 Å². The molecular weight excluding hydrogens is 847 g/mol. The third-order valence-electron chi connectivity index (χ3n) is 14.7. The number of aliphatic hydroxyl groups excluding tert-OH is 3. The van der Waals surface area contributed by atoms with Crippen molar-refractivity contribution in [1.29, 1.82) is 0 Å². The van der Waals surface area contributed by atoms with Gasteiger partial charge in [-0.3, -0.25) is 4.79 Å². The third-order valence-corrected chi connectivity index (χ3v) is 14.7. The summed E-state index contributed by atoms with van der Waals surface area (Å²) in [5, 5.41) is 33.4. The van der Waals surface area contributed by atoms with Gasteiger partial charge in [-0.2, -0.15) is 0 Å². The number of hydrogen-bond donors (Lipinski definition) is 4. The number of allylic oxidation sites excluding steroid dienone is 5. The van der Waals surface area contributed by atoms with Gasteiger partial charge in [0.15, 0.2) is 0 Å². The Labute approximate surface area is 432 Å². The topological polar surface area (TPSA) is 89.8 Å². The van der Waals surface area contributed by atoms with E-state index in [1.807, 2.05) is 6.08 Å². The van der Waals surface area contributed by atoms with Gasteiger partial charge in [0.1, 0.15) is 6.10 Å². The zero-order chi connectivity index (χ0) is 50.0. The molecule has 3 unspecified atom stereocenters. The molecule has 0 aliphatic heterocycles. The number of unbranched alkanes of at least 4 members (excludes halogenated alkanes) is 46. The molecule has 1 amide bonds. The molecule has 0 aromatic carbocycles. The number of amides is 1. The van der Waals surface area contributed by atoms with Crippen LogP contribution < -0.4 is 5.32 Å². The molecule has 0 aromatic rings. The summed E-state index contributed by atoms with van der Waals surface area (Å²) in [6.45, 7) is 4.22. The summed E-state index contributed by atoms with van der Waals surface area (Å²) in [6.07, 6.45) is 78.3. The molecule has 0 saturated heterocycles. The molecule has 0 aliphatic rings. The van der Waals surface area contributed by atoms with Crippen LogP contribution in [-0.4, -0.2) is 46.1 Å². The third kappa shape index (κ3) is 54.2. The summed E-state index contributed by atoms with van der Waals surface area (Å²) in [5.41, 5.74) is 0. The van der Waals surface area contributed by atoms with E-state index in [0.717, 1.165) is 38.5 Å². The molecule has 3 atom stereocenters. The van der Waals surface area contributed by atoms with E-state index in [1.54, 1.807) is 6.08 Å². The van der Waals surface area contributed by atoms with E-state index in [4.69, 9.17) is 0 Å². The van der Waals surface area contributed by atoms with Gasteiger partial charge in [0, 0.05) is 0 Å². The van der Waals surface area contributed by atoms with E-state index in [1.165, 1.54) is 283 Å². The minimum absolute atomic E-state index is 0.361. The van der Waals surface area contributed by atoms with Crippen molar-refractivity contribution in [3.8, 4) is 0 Å². The SMILES string of the molecule is CCCCCCCCCCCCCCCCC/C=C\C/C=C\CCCCCCCCCCCCCCCCCCC(O)C(=O)NC(CO)C(O)/C=C/CCCCCCCCCCCCCCCCC. The first-order chi connectivity index (χ1) is 34.1. The van der Waals surface area contributed by atoms with Gasteiger partial charge >= 0.3 is 0 Å². The average Bonchev–Trinajstić information content (AvgIpc) is 3.35. The summed E-state index contributed by atoms with van der Waals surface area (Å²) in [7, 11) is 0. The Morgan fingerprint density at radius 2 is 0.623 bits per heavy atom. The van der Waals surface area contributed by atoms with Crippen LogP contribution in [-0.2, 0) is 4.79 Å². The summed E-state index contributed by atoms with van der Waals surface area (Å²) in [4.78, 5) is 12.6. The van der Waals surface area contributed by atoms with Crippen LogP contribution in [0.15, 0.2) is 36.5 Å². The Bertz CT molecular complexity index is 1070. The molecule has 0 aliphatic carbocycles. The lowest BCUT2D eigenvalue weighted by molar-refractivity contribution is -0.131. The largest absolute Gasteiger partial charge is 0.394 e.